The van der Waals surface area contributed by atoms with Gasteiger partial charge in [-0.25, -0.2) is 4.39 Å². The topological polar surface area (TPSA) is 52.7 Å². The molecule has 1 N–H and O–H groups in total. The maximum Gasteiger partial charge on any atom is 0.264 e. The van der Waals surface area contributed by atoms with E-state index >= 15 is 0 Å². The monoisotopic (exact) mass is 375 g/mol. The van der Waals surface area contributed by atoms with Gasteiger partial charge in [0.1, 0.15) is 5.82 Å². The lowest BCUT2D eigenvalue weighted by Crippen LogP contribution is -2.53. The minimum atomic E-state index is -0.349. The number of piperazine rings is 1. The van der Waals surface area contributed by atoms with Crippen molar-refractivity contribution in [2.75, 3.05) is 31.5 Å². The summed E-state index contributed by atoms with van der Waals surface area (Å²) in [6, 6.07) is 8.02. The predicted molar refractivity (Wildman–Crippen MR) is 101 cm³/mol. The van der Waals surface area contributed by atoms with Crippen molar-refractivity contribution in [2.45, 2.75) is 19.9 Å². The van der Waals surface area contributed by atoms with E-state index in [4.69, 9.17) is 0 Å². The fourth-order valence-corrected chi connectivity index (χ4v) is 3.64. The molecule has 0 aliphatic carbocycles. The number of halogens is 1. The zero-order chi connectivity index (χ0) is 18.7. The average molecular weight is 375 g/mol. The second-order valence-corrected chi connectivity index (χ2v) is 7.38. The minimum Gasteiger partial charge on any atom is -0.335 e. The first-order valence-electron chi connectivity index (χ1n) is 8.59. The first kappa shape index (κ1) is 18.5. The van der Waals surface area contributed by atoms with Gasteiger partial charge in [-0.15, -0.1) is 11.3 Å². The highest BCUT2D eigenvalue weighted by molar-refractivity contribution is 7.12. The number of anilines is 1. The van der Waals surface area contributed by atoms with Crippen LogP contribution in [0.5, 0.6) is 0 Å². The van der Waals surface area contributed by atoms with Gasteiger partial charge in [-0.2, -0.15) is 0 Å². The van der Waals surface area contributed by atoms with Crippen LogP contribution in [0.2, 0.25) is 0 Å². The van der Waals surface area contributed by atoms with E-state index in [1.54, 1.807) is 19.1 Å². The van der Waals surface area contributed by atoms with Crippen molar-refractivity contribution >= 4 is 28.8 Å². The molecule has 26 heavy (non-hydrogen) atoms. The van der Waals surface area contributed by atoms with Crippen molar-refractivity contribution in [1.82, 2.24) is 9.80 Å². The summed E-state index contributed by atoms with van der Waals surface area (Å²) in [7, 11) is 0. The fourth-order valence-electron chi connectivity index (χ4n) is 2.95. The molecule has 3 rings (SSSR count). The SMILES string of the molecule is Cc1ccc(NC(=O)C(C)N2CCN(C(=O)c3cccs3)CC2)cc1F. The number of thiophene rings is 1. The maximum atomic E-state index is 13.6. The number of nitrogens with one attached hydrogen (secondary N) is 1. The Morgan fingerprint density at radius 2 is 1.92 bits per heavy atom. The van der Waals surface area contributed by atoms with Gasteiger partial charge < -0.3 is 10.2 Å². The maximum absolute atomic E-state index is 13.6. The molecule has 1 aromatic heterocycles. The van der Waals surface area contributed by atoms with Crippen molar-refractivity contribution in [2.24, 2.45) is 0 Å². The number of rotatable bonds is 4. The molecule has 1 aliphatic heterocycles. The number of amides is 2. The van der Waals surface area contributed by atoms with Gasteiger partial charge in [0.05, 0.1) is 10.9 Å². The number of benzene rings is 1. The second kappa shape index (κ2) is 7.97. The molecule has 1 fully saturated rings. The molecule has 0 bridgehead atoms. The molecule has 7 heteroatoms. The normalized spacial score (nSPS) is 16.3. The van der Waals surface area contributed by atoms with E-state index in [2.05, 4.69) is 5.32 Å². The van der Waals surface area contributed by atoms with E-state index in [-0.39, 0.29) is 23.7 Å². The molecule has 2 heterocycles. The van der Waals surface area contributed by atoms with Crippen molar-refractivity contribution in [1.29, 1.82) is 0 Å². The van der Waals surface area contributed by atoms with Gasteiger partial charge in [-0.05, 0) is 43.0 Å². The van der Waals surface area contributed by atoms with Gasteiger partial charge in [0.15, 0.2) is 0 Å². The van der Waals surface area contributed by atoms with Crippen LogP contribution in [0.15, 0.2) is 35.7 Å². The summed E-state index contributed by atoms with van der Waals surface area (Å²) in [5.41, 5.74) is 0.999. The van der Waals surface area contributed by atoms with Gasteiger partial charge in [0.2, 0.25) is 5.91 Å². The molecule has 1 unspecified atom stereocenters. The van der Waals surface area contributed by atoms with E-state index in [9.17, 15) is 14.0 Å². The fraction of sp³-hybridized carbons (Fsp3) is 0.368. The lowest BCUT2D eigenvalue weighted by atomic mass is 10.2. The van der Waals surface area contributed by atoms with Crippen LogP contribution in [0.4, 0.5) is 10.1 Å². The Morgan fingerprint density at radius 1 is 1.19 bits per heavy atom. The third-order valence-corrected chi connectivity index (χ3v) is 5.56. The Hall–Kier alpha value is -2.25. The summed E-state index contributed by atoms with van der Waals surface area (Å²) in [6.45, 7) is 5.96. The largest absolute Gasteiger partial charge is 0.335 e. The Morgan fingerprint density at radius 3 is 2.54 bits per heavy atom. The number of hydrogen-bond acceptors (Lipinski definition) is 4. The zero-order valence-corrected chi connectivity index (χ0v) is 15.7. The second-order valence-electron chi connectivity index (χ2n) is 6.43. The highest BCUT2D eigenvalue weighted by Gasteiger charge is 2.28. The lowest BCUT2D eigenvalue weighted by molar-refractivity contribution is -0.121. The quantitative estimate of drug-likeness (QED) is 0.894. The Kier molecular flexibility index (Phi) is 5.68. The minimum absolute atomic E-state index is 0.0480. The van der Waals surface area contributed by atoms with Crippen LogP contribution in [0.3, 0.4) is 0 Å². The molecule has 0 radical (unpaired) electrons. The Balaban J connectivity index is 1.54. The van der Waals surface area contributed by atoms with Crippen molar-refractivity contribution in [3.8, 4) is 0 Å². The number of nitrogens with zero attached hydrogens (tertiary/aromatic N) is 2. The molecule has 1 atom stereocenters. The summed E-state index contributed by atoms with van der Waals surface area (Å²) in [5.74, 6) is -0.464. The van der Waals surface area contributed by atoms with Crippen LogP contribution < -0.4 is 5.32 Å². The van der Waals surface area contributed by atoms with Crippen molar-refractivity contribution in [3.05, 3.63) is 52.0 Å². The molecule has 1 saturated heterocycles. The highest BCUT2D eigenvalue weighted by atomic mass is 32.1. The summed E-state index contributed by atoms with van der Waals surface area (Å²) < 4.78 is 13.6. The van der Waals surface area contributed by atoms with Gasteiger partial charge >= 0.3 is 0 Å². The molecule has 2 aromatic rings. The third kappa shape index (κ3) is 4.11. The van der Waals surface area contributed by atoms with E-state index < -0.39 is 0 Å². The Bertz CT molecular complexity index is 786. The van der Waals surface area contributed by atoms with Gasteiger partial charge in [0.25, 0.3) is 5.91 Å². The van der Waals surface area contributed by atoms with Gasteiger partial charge in [-0.3, -0.25) is 14.5 Å². The first-order chi connectivity index (χ1) is 12.5. The van der Waals surface area contributed by atoms with Crippen LogP contribution in [0.1, 0.15) is 22.2 Å². The Labute approximate surface area is 156 Å². The van der Waals surface area contributed by atoms with Crippen LogP contribution in [0.25, 0.3) is 0 Å². The molecule has 2 amide bonds. The van der Waals surface area contributed by atoms with Crippen LogP contribution >= 0.6 is 11.3 Å². The van der Waals surface area contributed by atoms with Crippen LogP contribution in [-0.2, 0) is 4.79 Å². The smallest absolute Gasteiger partial charge is 0.264 e. The number of aryl methyl sites for hydroxylation is 1. The van der Waals surface area contributed by atoms with Crippen LogP contribution in [-0.4, -0.2) is 53.8 Å². The van der Waals surface area contributed by atoms with Crippen molar-refractivity contribution < 1.29 is 14.0 Å². The summed E-state index contributed by atoms with van der Waals surface area (Å²) in [6.07, 6.45) is 0. The van der Waals surface area contributed by atoms with E-state index in [0.717, 1.165) is 4.88 Å². The third-order valence-electron chi connectivity index (χ3n) is 4.70. The number of carbonyl (C=O) groups excluding carboxylic acids is 2. The van der Waals surface area contributed by atoms with E-state index in [1.165, 1.54) is 17.4 Å². The summed E-state index contributed by atoms with van der Waals surface area (Å²) in [4.78, 5) is 29.4. The number of hydrogen-bond donors (Lipinski definition) is 1. The predicted octanol–water partition coefficient (Wildman–Crippen LogP) is 2.98. The van der Waals surface area contributed by atoms with E-state index in [0.29, 0.717) is 37.4 Å². The zero-order valence-electron chi connectivity index (χ0n) is 14.9. The van der Waals surface area contributed by atoms with Crippen LogP contribution in [0, 0.1) is 12.7 Å². The molecule has 5 nitrogen and oxygen atoms in total. The summed E-state index contributed by atoms with van der Waals surface area (Å²) in [5, 5.41) is 4.66. The standard InChI is InChI=1S/C19H22FN3O2S/c1-13-5-6-15(12-16(13)20)21-18(24)14(2)22-7-9-23(10-8-22)19(25)17-4-3-11-26-17/h3-6,11-12,14H,7-10H2,1-2H3,(H,21,24). The van der Waals surface area contributed by atoms with Gasteiger partial charge in [-0.1, -0.05) is 12.1 Å². The number of carbonyl (C=O) groups is 2. The molecular formula is C19H22FN3O2S. The average Bonchev–Trinajstić information content (AvgIpc) is 3.18. The molecule has 0 spiro atoms. The molecular weight excluding hydrogens is 353 g/mol. The molecule has 1 aromatic carbocycles. The van der Waals surface area contributed by atoms with E-state index in [1.807, 2.05) is 34.2 Å². The first-order valence-corrected chi connectivity index (χ1v) is 9.47. The van der Waals surface area contributed by atoms with Gasteiger partial charge in [0, 0.05) is 31.9 Å². The lowest BCUT2D eigenvalue weighted by Gasteiger charge is -2.37. The summed E-state index contributed by atoms with van der Waals surface area (Å²) >= 11 is 1.44. The van der Waals surface area contributed by atoms with Crippen molar-refractivity contribution in [3.63, 3.8) is 0 Å². The highest BCUT2D eigenvalue weighted by Crippen LogP contribution is 2.17. The molecule has 138 valence electrons. The molecule has 0 saturated carbocycles. The molecule has 1 aliphatic rings.